The van der Waals surface area contributed by atoms with Gasteiger partial charge in [0.2, 0.25) is 0 Å². The van der Waals surface area contributed by atoms with E-state index in [2.05, 4.69) is 12.6 Å². The van der Waals surface area contributed by atoms with E-state index in [9.17, 15) is 0 Å². The molecule has 0 aliphatic heterocycles. The van der Waals surface area contributed by atoms with E-state index in [0.29, 0.717) is 79.3 Å². The van der Waals surface area contributed by atoms with Crippen molar-refractivity contribution in [2.75, 3.05) is 86.4 Å². The number of thiol groups is 1. The average Bonchev–Trinajstić information content (AvgIpc) is 2.68. The SMILES string of the molecule is COCCOCCOCCOCCOCCOCCOc1ccc(S)cc1. The van der Waals surface area contributed by atoms with Crippen LogP contribution in [0.25, 0.3) is 0 Å². The van der Waals surface area contributed by atoms with Crippen molar-refractivity contribution in [2.24, 2.45) is 0 Å². The van der Waals surface area contributed by atoms with Crippen LogP contribution < -0.4 is 4.74 Å². The summed E-state index contributed by atoms with van der Waals surface area (Å²) in [6.45, 7) is 6.59. The highest BCUT2D eigenvalue weighted by molar-refractivity contribution is 7.80. The van der Waals surface area contributed by atoms with Crippen molar-refractivity contribution in [3.63, 3.8) is 0 Å². The van der Waals surface area contributed by atoms with Crippen molar-refractivity contribution in [3.05, 3.63) is 24.3 Å². The van der Waals surface area contributed by atoms with Gasteiger partial charge in [-0.25, -0.2) is 0 Å². The van der Waals surface area contributed by atoms with Gasteiger partial charge in [0.1, 0.15) is 12.4 Å². The fraction of sp³-hybridized carbons (Fsp3) is 0.684. The van der Waals surface area contributed by atoms with Crippen LogP contribution in [0, 0.1) is 0 Å². The lowest BCUT2D eigenvalue weighted by molar-refractivity contribution is -0.0159. The summed E-state index contributed by atoms with van der Waals surface area (Å²) in [5.41, 5.74) is 0. The molecule has 0 amide bonds. The van der Waals surface area contributed by atoms with Gasteiger partial charge in [0.05, 0.1) is 72.7 Å². The molecule has 0 N–H and O–H groups in total. The Morgan fingerprint density at radius 1 is 0.556 bits per heavy atom. The minimum atomic E-state index is 0.506. The third kappa shape index (κ3) is 15.8. The quantitative estimate of drug-likeness (QED) is 0.280. The van der Waals surface area contributed by atoms with Crippen LogP contribution >= 0.6 is 12.6 Å². The maximum atomic E-state index is 5.54. The van der Waals surface area contributed by atoms with E-state index >= 15 is 0 Å². The first kappa shape index (κ1) is 24.2. The topological polar surface area (TPSA) is 64.6 Å². The van der Waals surface area contributed by atoms with Crippen molar-refractivity contribution in [1.29, 1.82) is 0 Å². The second kappa shape index (κ2) is 18.5. The summed E-state index contributed by atoms with van der Waals surface area (Å²) in [6, 6.07) is 7.54. The van der Waals surface area contributed by atoms with Crippen LogP contribution in [-0.4, -0.2) is 86.4 Å². The van der Waals surface area contributed by atoms with E-state index in [1.165, 1.54) is 0 Å². The first-order valence-corrected chi connectivity index (χ1v) is 9.57. The molecule has 156 valence electrons. The van der Waals surface area contributed by atoms with E-state index in [1.54, 1.807) is 7.11 Å². The molecule has 0 aliphatic carbocycles. The summed E-state index contributed by atoms with van der Waals surface area (Å²) in [4.78, 5) is 0.913. The number of benzene rings is 1. The Kier molecular flexibility index (Phi) is 16.6. The molecular formula is C19H32O7S. The van der Waals surface area contributed by atoms with E-state index in [-0.39, 0.29) is 0 Å². The lowest BCUT2D eigenvalue weighted by atomic mass is 10.3. The highest BCUT2D eigenvalue weighted by Gasteiger charge is 1.95. The normalized spacial score (nSPS) is 11.0. The van der Waals surface area contributed by atoms with E-state index in [4.69, 9.17) is 33.2 Å². The van der Waals surface area contributed by atoms with E-state index < -0.39 is 0 Å². The summed E-state index contributed by atoms with van der Waals surface area (Å²) in [5.74, 6) is 0.812. The number of rotatable bonds is 19. The van der Waals surface area contributed by atoms with Crippen LogP contribution in [0.1, 0.15) is 0 Å². The van der Waals surface area contributed by atoms with Gasteiger partial charge in [-0.1, -0.05) is 0 Å². The Morgan fingerprint density at radius 2 is 0.926 bits per heavy atom. The molecule has 0 unspecified atom stereocenters. The highest BCUT2D eigenvalue weighted by atomic mass is 32.1. The monoisotopic (exact) mass is 404 g/mol. The third-order valence-electron chi connectivity index (χ3n) is 3.25. The Balaban J connectivity index is 1.71. The van der Waals surface area contributed by atoms with Crippen LogP contribution in [0.2, 0.25) is 0 Å². The number of ether oxygens (including phenoxy) is 7. The summed E-state index contributed by atoms with van der Waals surface area (Å²) in [6.07, 6.45) is 0. The maximum Gasteiger partial charge on any atom is 0.119 e. The molecule has 0 radical (unpaired) electrons. The van der Waals surface area contributed by atoms with Gasteiger partial charge >= 0.3 is 0 Å². The number of hydrogen-bond donors (Lipinski definition) is 1. The van der Waals surface area contributed by atoms with E-state index in [1.807, 2.05) is 24.3 Å². The maximum absolute atomic E-state index is 5.54. The Hall–Kier alpha value is -0.870. The summed E-state index contributed by atoms with van der Waals surface area (Å²) >= 11 is 4.22. The predicted molar refractivity (Wildman–Crippen MR) is 105 cm³/mol. The summed E-state index contributed by atoms with van der Waals surface area (Å²) < 4.78 is 37.3. The molecule has 0 bridgehead atoms. The summed E-state index contributed by atoms with van der Waals surface area (Å²) in [7, 11) is 1.65. The molecule has 27 heavy (non-hydrogen) atoms. The second-order valence-corrected chi connectivity index (χ2v) is 5.91. The Morgan fingerprint density at radius 3 is 1.33 bits per heavy atom. The van der Waals surface area contributed by atoms with Crippen molar-refractivity contribution in [2.45, 2.75) is 4.90 Å². The first-order chi connectivity index (χ1) is 13.3. The molecule has 1 rings (SSSR count). The van der Waals surface area contributed by atoms with Gasteiger partial charge in [0.15, 0.2) is 0 Å². The van der Waals surface area contributed by atoms with Gasteiger partial charge < -0.3 is 33.2 Å². The fourth-order valence-electron chi connectivity index (χ4n) is 1.88. The standard InChI is InChI=1S/C19H32O7S/c1-20-6-7-21-8-9-22-10-11-23-12-13-24-14-15-25-16-17-26-18-2-4-19(27)5-3-18/h2-5,27H,6-17H2,1H3. The van der Waals surface area contributed by atoms with Gasteiger partial charge in [-0.05, 0) is 24.3 Å². The fourth-order valence-corrected chi connectivity index (χ4v) is 2.03. The zero-order chi connectivity index (χ0) is 19.4. The van der Waals surface area contributed by atoms with Crippen LogP contribution in [0.4, 0.5) is 0 Å². The molecule has 0 saturated carbocycles. The van der Waals surface area contributed by atoms with Crippen molar-refractivity contribution in [1.82, 2.24) is 0 Å². The van der Waals surface area contributed by atoms with Gasteiger partial charge in [0, 0.05) is 12.0 Å². The molecule has 0 aliphatic rings. The smallest absolute Gasteiger partial charge is 0.119 e. The molecule has 0 saturated heterocycles. The predicted octanol–water partition coefficient (Wildman–Crippen LogP) is 2.08. The Labute approximate surface area is 167 Å². The molecule has 0 atom stereocenters. The van der Waals surface area contributed by atoms with Gasteiger partial charge in [-0.3, -0.25) is 0 Å². The molecule has 7 nitrogen and oxygen atoms in total. The molecule has 1 aromatic carbocycles. The number of methoxy groups -OCH3 is 1. The van der Waals surface area contributed by atoms with Crippen LogP contribution in [-0.2, 0) is 28.4 Å². The second-order valence-electron chi connectivity index (χ2n) is 5.40. The zero-order valence-electron chi connectivity index (χ0n) is 16.1. The van der Waals surface area contributed by atoms with Gasteiger partial charge in [-0.15, -0.1) is 12.6 Å². The van der Waals surface area contributed by atoms with Gasteiger partial charge in [-0.2, -0.15) is 0 Å². The van der Waals surface area contributed by atoms with Crippen LogP contribution in [0.3, 0.4) is 0 Å². The van der Waals surface area contributed by atoms with Crippen molar-refractivity contribution >= 4 is 12.6 Å². The van der Waals surface area contributed by atoms with Crippen LogP contribution in [0.15, 0.2) is 29.2 Å². The molecule has 0 fully saturated rings. The lowest BCUT2D eigenvalue weighted by Crippen LogP contribution is -2.14. The number of hydrogen-bond acceptors (Lipinski definition) is 8. The van der Waals surface area contributed by atoms with E-state index in [0.717, 1.165) is 10.6 Å². The average molecular weight is 405 g/mol. The molecule has 8 heteroatoms. The zero-order valence-corrected chi connectivity index (χ0v) is 17.0. The largest absolute Gasteiger partial charge is 0.491 e. The molecule has 0 heterocycles. The van der Waals surface area contributed by atoms with Gasteiger partial charge in [0.25, 0.3) is 0 Å². The molecule has 1 aromatic rings. The Bertz CT molecular complexity index is 431. The molecule has 0 spiro atoms. The highest BCUT2D eigenvalue weighted by Crippen LogP contribution is 2.13. The minimum Gasteiger partial charge on any atom is -0.491 e. The molecular weight excluding hydrogens is 372 g/mol. The lowest BCUT2D eigenvalue weighted by Gasteiger charge is -2.08. The van der Waals surface area contributed by atoms with Crippen LogP contribution in [0.5, 0.6) is 5.75 Å². The molecule has 0 aromatic heterocycles. The minimum absolute atomic E-state index is 0.506. The van der Waals surface area contributed by atoms with Crippen molar-refractivity contribution in [3.8, 4) is 5.75 Å². The first-order valence-electron chi connectivity index (χ1n) is 9.12. The summed E-state index contributed by atoms with van der Waals surface area (Å²) in [5, 5.41) is 0. The van der Waals surface area contributed by atoms with Crippen molar-refractivity contribution < 1.29 is 33.2 Å². The third-order valence-corrected chi connectivity index (χ3v) is 3.55.